The maximum absolute atomic E-state index is 11.8. The Bertz CT molecular complexity index is 1130. The van der Waals surface area contributed by atoms with Crippen LogP contribution in [-0.4, -0.2) is 65.4 Å². The van der Waals surface area contributed by atoms with Crippen molar-refractivity contribution in [2.45, 2.75) is 33.7 Å². The van der Waals surface area contributed by atoms with Crippen LogP contribution in [0.4, 0.5) is 22.2 Å². The molecular weight excluding hydrogens is 456 g/mol. The van der Waals surface area contributed by atoms with Crippen molar-refractivity contribution in [1.82, 2.24) is 25.3 Å². The van der Waals surface area contributed by atoms with Gasteiger partial charge in [-0.25, -0.2) is 24.7 Å². The van der Waals surface area contributed by atoms with Gasteiger partial charge in [-0.1, -0.05) is 13.8 Å². The largest absolute Gasteiger partial charge is 0.378 e. The van der Waals surface area contributed by atoms with E-state index in [1.807, 2.05) is 51.1 Å². The summed E-state index contributed by atoms with van der Waals surface area (Å²) in [6.45, 7) is 10.9. The Morgan fingerprint density at radius 1 is 1.00 bits per heavy atom. The number of rotatable bonds is 5. The van der Waals surface area contributed by atoms with E-state index < -0.39 is 0 Å². The number of urea groups is 1. The minimum atomic E-state index is -0.224. The van der Waals surface area contributed by atoms with Gasteiger partial charge in [-0.2, -0.15) is 0 Å². The highest BCUT2D eigenvalue weighted by molar-refractivity contribution is 5.89. The quantitative estimate of drug-likeness (QED) is 0.560. The Morgan fingerprint density at radius 3 is 2.42 bits per heavy atom. The molecule has 3 aromatic rings. The number of carbonyl (C=O) groups excluding carboxylic acids is 1. The van der Waals surface area contributed by atoms with Gasteiger partial charge in [0.1, 0.15) is 5.82 Å². The number of ether oxygens (including phenoxy) is 1. The number of nitrogens with one attached hydrogen (secondary N) is 2. The van der Waals surface area contributed by atoms with Gasteiger partial charge < -0.3 is 25.2 Å². The van der Waals surface area contributed by atoms with Crippen LogP contribution in [0.2, 0.25) is 0 Å². The minimum absolute atomic E-state index is 0.224. The number of nitrogens with zero attached hydrogens (tertiary/aromatic N) is 6. The van der Waals surface area contributed by atoms with E-state index in [9.17, 15) is 4.79 Å². The average Bonchev–Trinajstić information content (AvgIpc) is 2.95. The van der Waals surface area contributed by atoms with Crippen LogP contribution >= 0.6 is 0 Å². The molecule has 0 aliphatic carbocycles. The molecule has 1 aromatic carbocycles. The minimum Gasteiger partial charge on any atom is -0.378 e. The molecule has 10 heteroatoms. The van der Waals surface area contributed by atoms with Crippen LogP contribution < -0.4 is 20.4 Å². The monoisotopic (exact) mass is 490 g/mol. The molecule has 2 aromatic heterocycles. The summed E-state index contributed by atoms with van der Waals surface area (Å²) in [6.07, 6.45) is 4.35. The highest BCUT2D eigenvalue weighted by Crippen LogP contribution is 2.31. The summed E-state index contributed by atoms with van der Waals surface area (Å²) in [5.41, 5.74) is 3.79. The summed E-state index contributed by atoms with van der Waals surface area (Å²) in [6, 6.07) is 9.21. The lowest BCUT2D eigenvalue weighted by molar-refractivity contribution is 0.122. The van der Waals surface area contributed by atoms with Crippen LogP contribution in [-0.2, 0) is 17.7 Å². The maximum atomic E-state index is 11.8. The number of aromatic nitrogens is 4. The predicted molar refractivity (Wildman–Crippen MR) is 141 cm³/mol. The maximum Gasteiger partial charge on any atom is 0.319 e. The Kier molecular flexibility index (Phi) is 8.62. The van der Waals surface area contributed by atoms with Gasteiger partial charge in [-0.15, -0.1) is 0 Å². The molecule has 2 N–H and O–H groups in total. The van der Waals surface area contributed by atoms with Crippen molar-refractivity contribution in [3.63, 3.8) is 0 Å². The van der Waals surface area contributed by atoms with E-state index in [-0.39, 0.29) is 6.03 Å². The fourth-order valence-electron chi connectivity index (χ4n) is 4.24. The van der Waals surface area contributed by atoms with E-state index in [4.69, 9.17) is 14.7 Å². The Morgan fingerprint density at radius 2 is 1.72 bits per heavy atom. The highest BCUT2D eigenvalue weighted by Gasteiger charge is 2.27. The third kappa shape index (κ3) is 5.88. The van der Waals surface area contributed by atoms with Gasteiger partial charge in [-0.05, 0) is 43.7 Å². The summed E-state index contributed by atoms with van der Waals surface area (Å²) in [4.78, 5) is 35.1. The van der Waals surface area contributed by atoms with Crippen LogP contribution in [0.1, 0.15) is 32.0 Å². The molecule has 5 rings (SSSR count). The predicted octanol–water partition coefficient (Wildman–Crippen LogP) is 3.50. The van der Waals surface area contributed by atoms with E-state index in [1.54, 1.807) is 12.4 Å². The smallest absolute Gasteiger partial charge is 0.319 e. The lowest BCUT2D eigenvalue weighted by atomic mass is 10.0. The Balaban J connectivity index is 0.00000148. The summed E-state index contributed by atoms with van der Waals surface area (Å²) in [5, 5.41) is 5.56. The van der Waals surface area contributed by atoms with Gasteiger partial charge >= 0.3 is 6.03 Å². The van der Waals surface area contributed by atoms with Gasteiger partial charge in [0.15, 0.2) is 5.82 Å². The summed E-state index contributed by atoms with van der Waals surface area (Å²) >= 11 is 0. The number of carbonyl (C=O) groups is 1. The standard InChI is InChI=1S/C24H28N8O2.C2H6/c1-2-25-24(33)28-18-6-4-17(5-7-18)21-29-20-16-32(23-26-9-3-10-27-23)11-8-19(20)22(30-21)31-12-14-34-15-13-31;1-2/h3-7,9-10H,2,8,11-16H2,1H3,(H2,25,28,33);1-2H3. The first-order valence-corrected chi connectivity index (χ1v) is 12.6. The first-order chi connectivity index (χ1) is 17.7. The number of morpholine rings is 1. The zero-order chi connectivity index (χ0) is 25.3. The van der Waals surface area contributed by atoms with Crippen molar-refractivity contribution < 1.29 is 9.53 Å². The van der Waals surface area contributed by atoms with Crippen molar-refractivity contribution in [2.24, 2.45) is 0 Å². The Labute approximate surface area is 212 Å². The molecule has 0 atom stereocenters. The number of hydrogen-bond donors (Lipinski definition) is 2. The number of amides is 2. The normalized spacial score (nSPS) is 14.9. The molecule has 0 spiro atoms. The number of fused-ring (bicyclic) bond motifs is 1. The third-order valence-electron chi connectivity index (χ3n) is 5.93. The SMILES string of the molecule is CC.CCNC(=O)Nc1ccc(-c2nc3c(c(N4CCOCC4)n2)CCN(c2ncccn2)C3)cc1. The average molecular weight is 491 g/mol. The van der Waals surface area contributed by atoms with Crippen LogP contribution in [0.25, 0.3) is 11.4 Å². The second-order valence-electron chi connectivity index (χ2n) is 8.18. The molecule has 1 saturated heterocycles. The third-order valence-corrected chi connectivity index (χ3v) is 5.93. The first-order valence-electron chi connectivity index (χ1n) is 12.6. The van der Waals surface area contributed by atoms with Crippen molar-refractivity contribution in [3.8, 4) is 11.4 Å². The molecule has 0 unspecified atom stereocenters. The molecule has 2 aliphatic rings. The molecule has 2 amide bonds. The fraction of sp³-hybridized carbons (Fsp3) is 0.423. The number of hydrogen-bond acceptors (Lipinski definition) is 8. The number of benzene rings is 1. The van der Waals surface area contributed by atoms with Crippen molar-refractivity contribution in [2.75, 3.05) is 54.5 Å². The molecule has 190 valence electrons. The van der Waals surface area contributed by atoms with E-state index >= 15 is 0 Å². The Hall–Kier alpha value is -3.79. The number of anilines is 3. The van der Waals surface area contributed by atoms with Crippen molar-refractivity contribution in [1.29, 1.82) is 0 Å². The van der Waals surface area contributed by atoms with Crippen molar-refractivity contribution >= 4 is 23.5 Å². The molecule has 1 fully saturated rings. The second-order valence-corrected chi connectivity index (χ2v) is 8.18. The van der Waals surface area contributed by atoms with Gasteiger partial charge in [0.05, 0.1) is 25.5 Å². The van der Waals surface area contributed by atoms with E-state index in [1.165, 1.54) is 5.56 Å². The van der Waals surface area contributed by atoms with Gasteiger partial charge in [0.25, 0.3) is 0 Å². The summed E-state index contributed by atoms with van der Waals surface area (Å²) in [7, 11) is 0. The molecule has 0 bridgehead atoms. The van der Waals surface area contributed by atoms with E-state index in [0.717, 1.165) is 43.1 Å². The van der Waals surface area contributed by atoms with Crippen LogP contribution in [0.15, 0.2) is 42.7 Å². The second kappa shape index (κ2) is 12.3. The summed E-state index contributed by atoms with van der Waals surface area (Å²) in [5.74, 6) is 2.36. The molecule has 0 saturated carbocycles. The molecule has 0 radical (unpaired) electrons. The zero-order valence-corrected chi connectivity index (χ0v) is 21.2. The van der Waals surface area contributed by atoms with Gasteiger partial charge in [-0.3, -0.25) is 0 Å². The van der Waals surface area contributed by atoms with E-state index in [2.05, 4.69) is 30.4 Å². The first kappa shape index (κ1) is 25.3. The van der Waals surface area contributed by atoms with Crippen molar-refractivity contribution in [3.05, 3.63) is 54.0 Å². The molecule has 10 nitrogen and oxygen atoms in total. The molecule has 36 heavy (non-hydrogen) atoms. The zero-order valence-electron chi connectivity index (χ0n) is 21.2. The molecular formula is C26H34N8O2. The summed E-state index contributed by atoms with van der Waals surface area (Å²) < 4.78 is 5.57. The van der Waals surface area contributed by atoms with Crippen LogP contribution in [0.3, 0.4) is 0 Å². The van der Waals surface area contributed by atoms with Crippen LogP contribution in [0, 0.1) is 0 Å². The molecule has 4 heterocycles. The van der Waals surface area contributed by atoms with Crippen LogP contribution in [0.5, 0.6) is 0 Å². The van der Waals surface area contributed by atoms with E-state index in [0.29, 0.717) is 43.8 Å². The lowest BCUT2D eigenvalue weighted by Crippen LogP contribution is -2.39. The van der Waals surface area contributed by atoms with Gasteiger partial charge in [0, 0.05) is 55.4 Å². The van der Waals surface area contributed by atoms with Gasteiger partial charge in [0.2, 0.25) is 5.95 Å². The lowest BCUT2D eigenvalue weighted by Gasteiger charge is -2.34. The fourth-order valence-corrected chi connectivity index (χ4v) is 4.24. The topological polar surface area (TPSA) is 108 Å². The molecule has 2 aliphatic heterocycles. The highest BCUT2D eigenvalue weighted by atomic mass is 16.5.